The van der Waals surface area contributed by atoms with Crippen LogP contribution in [0.5, 0.6) is 0 Å². The number of aromatic nitrogens is 4. The zero-order valence-electron chi connectivity index (χ0n) is 16.1. The summed E-state index contributed by atoms with van der Waals surface area (Å²) in [5.74, 6) is 0.0109. The maximum atomic E-state index is 13.7. The van der Waals surface area contributed by atoms with Crippen LogP contribution in [0.3, 0.4) is 0 Å². The zero-order valence-corrected chi connectivity index (χ0v) is 16.9. The van der Waals surface area contributed by atoms with Gasteiger partial charge < -0.3 is 10.6 Å². The van der Waals surface area contributed by atoms with Crippen LogP contribution >= 0.6 is 11.3 Å². The minimum absolute atomic E-state index is 0.0248. The Morgan fingerprint density at radius 1 is 1.19 bits per heavy atom. The zero-order chi connectivity index (χ0) is 21.6. The number of carbonyl (C=O) groups is 1. The van der Waals surface area contributed by atoms with Crippen molar-refractivity contribution in [3.05, 3.63) is 77.3 Å². The van der Waals surface area contributed by atoms with Crippen molar-refractivity contribution in [3.8, 4) is 22.5 Å². The molecule has 4 aromatic rings. The molecule has 4 rings (SSSR count). The number of nitriles is 1. The summed E-state index contributed by atoms with van der Waals surface area (Å²) >= 11 is 1.44. The molecule has 31 heavy (non-hydrogen) atoms. The van der Waals surface area contributed by atoms with E-state index in [-0.39, 0.29) is 12.4 Å². The Balaban J connectivity index is 1.48. The minimum Gasteiger partial charge on any atom is -0.367 e. The maximum absolute atomic E-state index is 13.7. The highest BCUT2D eigenvalue weighted by atomic mass is 32.1. The first-order valence-corrected chi connectivity index (χ1v) is 10.2. The lowest BCUT2D eigenvalue weighted by Crippen LogP contribution is -2.30. The van der Waals surface area contributed by atoms with E-state index in [4.69, 9.17) is 5.26 Å². The predicted molar refractivity (Wildman–Crippen MR) is 114 cm³/mol. The molecule has 0 radical (unpaired) electrons. The van der Waals surface area contributed by atoms with Gasteiger partial charge in [-0.1, -0.05) is 12.1 Å². The maximum Gasteiger partial charge on any atom is 0.291 e. The number of halogens is 1. The molecule has 0 fully saturated rings. The third-order valence-electron chi connectivity index (χ3n) is 4.24. The molecule has 0 saturated carbocycles. The highest BCUT2D eigenvalue weighted by Gasteiger charge is 2.19. The molecule has 154 valence electrons. The third-order valence-corrected chi connectivity index (χ3v) is 5.10. The van der Waals surface area contributed by atoms with Gasteiger partial charge >= 0.3 is 0 Å². The summed E-state index contributed by atoms with van der Waals surface area (Å²) in [4.78, 5) is 21.9. The largest absolute Gasteiger partial charge is 0.367 e. The number of nitrogens with zero attached hydrogens (tertiary/aromatic N) is 5. The van der Waals surface area contributed by atoms with E-state index in [1.165, 1.54) is 28.2 Å². The lowest BCUT2D eigenvalue weighted by atomic mass is 10.3. The van der Waals surface area contributed by atoms with E-state index in [1.807, 2.05) is 17.5 Å². The number of thiophene rings is 1. The first-order valence-electron chi connectivity index (χ1n) is 9.30. The lowest BCUT2D eigenvalue weighted by molar-refractivity contribution is 0.0945. The van der Waals surface area contributed by atoms with Crippen LogP contribution < -0.4 is 10.6 Å². The van der Waals surface area contributed by atoms with E-state index >= 15 is 0 Å². The van der Waals surface area contributed by atoms with Gasteiger partial charge in [0.25, 0.3) is 5.91 Å². The van der Waals surface area contributed by atoms with Crippen LogP contribution in [-0.2, 0) is 0 Å². The summed E-state index contributed by atoms with van der Waals surface area (Å²) in [6.07, 6.45) is 1.58. The van der Waals surface area contributed by atoms with E-state index in [1.54, 1.807) is 30.5 Å². The van der Waals surface area contributed by atoms with E-state index in [9.17, 15) is 9.18 Å². The summed E-state index contributed by atoms with van der Waals surface area (Å²) in [5.41, 5.74) is 0.890. The molecule has 3 heterocycles. The molecule has 1 amide bonds. The fraction of sp³-hybridized carbons (Fsp3) is 0.0952. The van der Waals surface area contributed by atoms with E-state index in [0.29, 0.717) is 29.4 Å². The lowest BCUT2D eigenvalue weighted by Gasteiger charge is -2.07. The van der Waals surface area contributed by atoms with Crippen molar-refractivity contribution >= 4 is 23.1 Å². The molecule has 1 aromatic carbocycles. The van der Waals surface area contributed by atoms with Gasteiger partial charge in [0.2, 0.25) is 5.82 Å². The van der Waals surface area contributed by atoms with Crippen LogP contribution in [-0.4, -0.2) is 38.7 Å². The van der Waals surface area contributed by atoms with E-state index in [0.717, 1.165) is 4.88 Å². The topological polar surface area (TPSA) is 109 Å². The van der Waals surface area contributed by atoms with Gasteiger partial charge in [0.15, 0.2) is 5.82 Å². The Labute approximate surface area is 181 Å². The van der Waals surface area contributed by atoms with Gasteiger partial charge in [0, 0.05) is 19.3 Å². The predicted octanol–water partition coefficient (Wildman–Crippen LogP) is 3.24. The molecule has 0 aliphatic carbocycles. The molecule has 8 nitrogen and oxygen atoms in total. The number of benzene rings is 1. The number of hydrogen-bond donors (Lipinski definition) is 2. The van der Waals surface area contributed by atoms with Gasteiger partial charge in [-0.15, -0.1) is 16.4 Å². The van der Waals surface area contributed by atoms with Crippen LogP contribution in [0.15, 0.2) is 60.1 Å². The highest BCUT2D eigenvalue weighted by Crippen LogP contribution is 2.25. The number of pyridine rings is 1. The van der Waals surface area contributed by atoms with Crippen molar-refractivity contribution in [1.29, 1.82) is 5.26 Å². The average molecular weight is 433 g/mol. The first kappa shape index (κ1) is 20.2. The smallest absolute Gasteiger partial charge is 0.291 e. The first-order chi connectivity index (χ1) is 15.2. The molecular weight excluding hydrogens is 417 g/mol. The molecular formula is C21H16FN7OS. The van der Waals surface area contributed by atoms with Gasteiger partial charge in [-0.05, 0) is 41.8 Å². The van der Waals surface area contributed by atoms with Gasteiger partial charge in [-0.2, -0.15) is 5.26 Å². The molecule has 3 aromatic heterocycles. The molecule has 2 N–H and O–H groups in total. The van der Waals surface area contributed by atoms with Crippen molar-refractivity contribution in [3.63, 3.8) is 0 Å². The average Bonchev–Trinajstić information content (AvgIpc) is 3.47. The highest BCUT2D eigenvalue weighted by molar-refractivity contribution is 7.13. The Bertz CT molecular complexity index is 1250. The second kappa shape index (κ2) is 9.15. The number of amides is 1. The van der Waals surface area contributed by atoms with Crippen LogP contribution in [0.4, 0.5) is 10.2 Å². The monoisotopic (exact) mass is 433 g/mol. The Kier molecular flexibility index (Phi) is 5.96. The number of hydrogen-bond acceptors (Lipinski definition) is 7. The molecule has 10 heteroatoms. The second-order valence-corrected chi connectivity index (χ2v) is 7.27. The summed E-state index contributed by atoms with van der Waals surface area (Å²) in [6.45, 7) is 0.628. The van der Waals surface area contributed by atoms with Crippen molar-refractivity contribution < 1.29 is 9.18 Å². The van der Waals surface area contributed by atoms with Crippen LogP contribution in [0, 0.1) is 17.1 Å². The molecule has 0 spiro atoms. The van der Waals surface area contributed by atoms with Gasteiger partial charge in [-0.3, -0.25) is 4.79 Å². The molecule has 0 bridgehead atoms. The van der Waals surface area contributed by atoms with Gasteiger partial charge in [-0.25, -0.2) is 19.0 Å². The van der Waals surface area contributed by atoms with Crippen LogP contribution in [0.2, 0.25) is 0 Å². The molecule has 0 unspecified atom stereocenters. The number of anilines is 1. The summed E-state index contributed by atoms with van der Waals surface area (Å²) in [5, 5.41) is 21.0. The Morgan fingerprint density at radius 2 is 2.10 bits per heavy atom. The fourth-order valence-electron chi connectivity index (χ4n) is 2.83. The van der Waals surface area contributed by atoms with Gasteiger partial charge in [0.1, 0.15) is 17.7 Å². The molecule has 0 aliphatic heterocycles. The number of rotatable bonds is 7. The standard InChI is InChI=1S/C21H16FN7OS/c22-15-5-1-6-16(12-15)29-20(17-7-3-11-31-17)27-19(28-29)21(30)26-10-9-25-18-14(13-23)4-2-8-24-18/h1-8,11-12H,9-10H2,(H,24,25)(H,26,30). The Morgan fingerprint density at radius 3 is 2.87 bits per heavy atom. The van der Waals surface area contributed by atoms with Gasteiger partial charge in [0.05, 0.1) is 16.1 Å². The number of nitrogens with one attached hydrogen (secondary N) is 2. The second-order valence-electron chi connectivity index (χ2n) is 6.32. The third kappa shape index (κ3) is 4.57. The van der Waals surface area contributed by atoms with Crippen molar-refractivity contribution in [2.45, 2.75) is 0 Å². The summed E-state index contributed by atoms with van der Waals surface area (Å²) in [6, 6.07) is 15.0. The normalized spacial score (nSPS) is 10.5. The Hall–Kier alpha value is -4.10. The van der Waals surface area contributed by atoms with Crippen molar-refractivity contribution in [1.82, 2.24) is 25.1 Å². The SMILES string of the molecule is N#Cc1cccnc1NCCNC(=O)c1nc(-c2cccs2)n(-c2cccc(F)c2)n1. The van der Waals surface area contributed by atoms with Crippen molar-refractivity contribution in [2.75, 3.05) is 18.4 Å². The number of carbonyl (C=O) groups excluding carboxylic acids is 1. The summed E-state index contributed by atoms with van der Waals surface area (Å²) < 4.78 is 15.2. The van der Waals surface area contributed by atoms with E-state index < -0.39 is 11.7 Å². The van der Waals surface area contributed by atoms with Crippen LogP contribution in [0.25, 0.3) is 16.4 Å². The molecule has 0 saturated heterocycles. The van der Waals surface area contributed by atoms with Crippen molar-refractivity contribution in [2.24, 2.45) is 0 Å². The van der Waals surface area contributed by atoms with E-state index in [2.05, 4.69) is 31.8 Å². The fourth-order valence-corrected chi connectivity index (χ4v) is 3.53. The molecule has 0 atom stereocenters. The minimum atomic E-state index is -0.462. The van der Waals surface area contributed by atoms with Crippen LogP contribution in [0.1, 0.15) is 16.2 Å². The molecule has 0 aliphatic rings. The quantitative estimate of drug-likeness (QED) is 0.433. The summed E-state index contributed by atoms with van der Waals surface area (Å²) in [7, 11) is 0.